The molecule has 1 aromatic heterocycles. The molecule has 0 aliphatic rings. The number of nitrogen functional groups attached to an aromatic ring is 1. The van der Waals surface area contributed by atoms with Crippen molar-refractivity contribution in [2.45, 2.75) is 32.5 Å². The van der Waals surface area contributed by atoms with Crippen LogP contribution >= 0.6 is 0 Å². The zero-order chi connectivity index (χ0) is 14.1. The van der Waals surface area contributed by atoms with Gasteiger partial charge in [-0.05, 0) is 13.8 Å². The molecule has 102 valence electrons. The van der Waals surface area contributed by atoms with Crippen molar-refractivity contribution < 1.29 is 18.0 Å². The van der Waals surface area contributed by atoms with Crippen molar-refractivity contribution >= 4 is 11.6 Å². The van der Waals surface area contributed by atoms with E-state index in [0.717, 1.165) is 0 Å². The maximum Gasteiger partial charge on any atom is 0.391 e. The van der Waals surface area contributed by atoms with E-state index in [4.69, 9.17) is 5.73 Å². The predicted octanol–water partition coefficient (Wildman–Crippen LogP) is 1.38. The highest BCUT2D eigenvalue weighted by Gasteiger charge is 2.31. The number of carbonyl (C=O) groups excluding carboxylic acids is 1. The molecule has 1 rings (SSSR count). The number of nitrogens with one attached hydrogen (secondary N) is 1. The SMILES string of the molecule is Cc1nn(C)c(C(=O)NC(C)CC(F)(F)F)c1N. The minimum absolute atomic E-state index is 0.0709. The minimum atomic E-state index is -4.32. The van der Waals surface area contributed by atoms with Gasteiger partial charge in [-0.25, -0.2) is 0 Å². The zero-order valence-electron chi connectivity index (χ0n) is 10.3. The van der Waals surface area contributed by atoms with Gasteiger partial charge in [-0.2, -0.15) is 18.3 Å². The normalized spacial score (nSPS) is 13.4. The molecular weight excluding hydrogens is 249 g/mol. The van der Waals surface area contributed by atoms with Crippen LogP contribution in [0, 0.1) is 6.92 Å². The molecule has 1 aromatic rings. The average Bonchev–Trinajstić information content (AvgIpc) is 2.37. The number of nitrogens with two attached hydrogens (primary N) is 1. The third-order valence-corrected chi connectivity index (χ3v) is 2.40. The Morgan fingerprint density at radius 3 is 2.50 bits per heavy atom. The Hall–Kier alpha value is -1.73. The van der Waals surface area contributed by atoms with Crippen LogP contribution in [-0.2, 0) is 7.05 Å². The maximum atomic E-state index is 12.1. The first-order valence-corrected chi connectivity index (χ1v) is 5.28. The first-order chi connectivity index (χ1) is 8.11. The van der Waals surface area contributed by atoms with Crippen molar-refractivity contribution in [3.8, 4) is 0 Å². The Balaban J connectivity index is 2.77. The van der Waals surface area contributed by atoms with Crippen molar-refractivity contribution in [2.75, 3.05) is 5.73 Å². The van der Waals surface area contributed by atoms with Gasteiger partial charge < -0.3 is 11.1 Å². The number of anilines is 1. The Morgan fingerprint density at radius 2 is 2.11 bits per heavy atom. The maximum absolute atomic E-state index is 12.1. The number of nitrogens with zero attached hydrogens (tertiary/aromatic N) is 2. The third kappa shape index (κ3) is 3.38. The summed E-state index contributed by atoms with van der Waals surface area (Å²) in [6, 6.07) is -1.02. The molecule has 1 amide bonds. The predicted molar refractivity (Wildman–Crippen MR) is 60.0 cm³/mol. The van der Waals surface area contributed by atoms with Gasteiger partial charge in [0, 0.05) is 13.1 Å². The monoisotopic (exact) mass is 264 g/mol. The van der Waals surface area contributed by atoms with E-state index >= 15 is 0 Å². The molecule has 1 unspecified atom stereocenters. The second-order valence-corrected chi connectivity index (χ2v) is 4.17. The van der Waals surface area contributed by atoms with Gasteiger partial charge in [0.1, 0.15) is 5.69 Å². The summed E-state index contributed by atoms with van der Waals surface area (Å²) >= 11 is 0. The van der Waals surface area contributed by atoms with Gasteiger partial charge in [-0.1, -0.05) is 0 Å². The number of amides is 1. The molecule has 1 atom stereocenters. The van der Waals surface area contributed by atoms with Crippen molar-refractivity contribution in [1.29, 1.82) is 0 Å². The van der Waals surface area contributed by atoms with Gasteiger partial charge in [-0.15, -0.1) is 0 Å². The van der Waals surface area contributed by atoms with Crippen molar-refractivity contribution in [1.82, 2.24) is 15.1 Å². The summed E-state index contributed by atoms with van der Waals surface area (Å²) in [5, 5.41) is 6.17. The second kappa shape index (κ2) is 4.87. The molecule has 3 N–H and O–H groups in total. The molecule has 0 aromatic carbocycles. The number of alkyl halides is 3. The van der Waals surface area contributed by atoms with E-state index < -0.39 is 24.5 Å². The van der Waals surface area contributed by atoms with E-state index in [2.05, 4.69) is 10.4 Å². The molecule has 1 heterocycles. The fraction of sp³-hybridized carbons (Fsp3) is 0.600. The fourth-order valence-electron chi connectivity index (χ4n) is 1.63. The molecule has 0 spiro atoms. The van der Waals surface area contributed by atoms with Crippen LogP contribution in [0.3, 0.4) is 0 Å². The number of aryl methyl sites for hydroxylation is 2. The summed E-state index contributed by atoms with van der Waals surface area (Å²) in [5.74, 6) is -0.660. The van der Waals surface area contributed by atoms with E-state index in [1.165, 1.54) is 18.7 Å². The lowest BCUT2D eigenvalue weighted by atomic mass is 10.2. The number of aromatic nitrogens is 2. The first-order valence-electron chi connectivity index (χ1n) is 5.28. The van der Waals surface area contributed by atoms with E-state index in [-0.39, 0.29) is 11.4 Å². The number of hydrogen-bond acceptors (Lipinski definition) is 3. The number of carbonyl (C=O) groups is 1. The highest BCUT2D eigenvalue weighted by atomic mass is 19.4. The zero-order valence-corrected chi connectivity index (χ0v) is 10.3. The van der Waals surface area contributed by atoms with Gasteiger partial charge in [-0.3, -0.25) is 9.48 Å². The summed E-state index contributed by atoms with van der Waals surface area (Å²) in [4.78, 5) is 11.8. The summed E-state index contributed by atoms with van der Waals surface area (Å²) in [5.41, 5.74) is 6.35. The molecule has 0 aliphatic carbocycles. The van der Waals surface area contributed by atoms with Gasteiger partial charge in [0.25, 0.3) is 5.91 Å². The Bertz CT molecular complexity index is 453. The molecule has 5 nitrogen and oxygen atoms in total. The number of rotatable bonds is 3. The summed E-state index contributed by atoms with van der Waals surface area (Å²) in [7, 11) is 1.51. The van der Waals surface area contributed by atoms with Crippen molar-refractivity contribution in [3.63, 3.8) is 0 Å². The molecule has 8 heteroatoms. The summed E-state index contributed by atoms with van der Waals surface area (Å²) in [6.07, 6.45) is -5.41. The standard InChI is InChI=1S/C10H15F3N4O/c1-5(4-10(11,12)13)15-9(18)8-7(14)6(2)16-17(8)3/h5H,4,14H2,1-3H3,(H,15,18). The van der Waals surface area contributed by atoms with Crippen LogP contribution in [0.25, 0.3) is 0 Å². The van der Waals surface area contributed by atoms with E-state index in [1.807, 2.05) is 0 Å². The van der Waals surface area contributed by atoms with Crippen molar-refractivity contribution in [3.05, 3.63) is 11.4 Å². The van der Waals surface area contributed by atoms with E-state index in [9.17, 15) is 18.0 Å². The molecule has 0 aliphatic heterocycles. The topological polar surface area (TPSA) is 72.9 Å². The second-order valence-electron chi connectivity index (χ2n) is 4.17. The first kappa shape index (κ1) is 14.3. The van der Waals surface area contributed by atoms with Gasteiger partial charge >= 0.3 is 6.18 Å². The van der Waals surface area contributed by atoms with Crippen LogP contribution in [0.2, 0.25) is 0 Å². The highest BCUT2D eigenvalue weighted by Crippen LogP contribution is 2.22. The fourth-order valence-corrected chi connectivity index (χ4v) is 1.63. The molecule has 0 radical (unpaired) electrons. The van der Waals surface area contributed by atoms with Crippen LogP contribution < -0.4 is 11.1 Å². The summed E-state index contributed by atoms with van der Waals surface area (Å²) in [6.45, 7) is 2.90. The van der Waals surface area contributed by atoms with Gasteiger partial charge in [0.05, 0.1) is 17.8 Å². The van der Waals surface area contributed by atoms with Crippen molar-refractivity contribution in [2.24, 2.45) is 7.05 Å². The molecule has 0 bridgehead atoms. The Morgan fingerprint density at radius 1 is 1.56 bits per heavy atom. The van der Waals surface area contributed by atoms with E-state index in [0.29, 0.717) is 5.69 Å². The third-order valence-electron chi connectivity index (χ3n) is 2.40. The quantitative estimate of drug-likeness (QED) is 0.866. The average molecular weight is 264 g/mol. The van der Waals surface area contributed by atoms with Crippen LogP contribution in [0.5, 0.6) is 0 Å². The summed E-state index contributed by atoms with van der Waals surface area (Å²) < 4.78 is 37.6. The molecule has 0 saturated heterocycles. The Kier molecular flexibility index (Phi) is 3.88. The lowest BCUT2D eigenvalue weighted by molar-refractivity contribution is -0.138. The van der Waals surface area contributed by atoms with Crippen LogP contribution in [-0.4, -0.2) is 27.9 Å². The lowest BCUT2D eigenvalue weighted by Gasteiger charge is -2.16. The smallest absolute Gasteiger partial charge is 0.391 e. The minimum Gasteiger partial charge on any atom is -0.395 e. The molecule has 0 fully saturated rings. The number of halogens is 3. The van der Waals surface area contributed by atoms with Crippen LogP contribution in [0.15, 0.2) is 0 Å². The molecular formula is C10H15F3N4O. The van der Waals surface area contributed by atoms with E-state index in [1.54, 1.807) is 6.92 Å². The Labute approximate surface area is 102 Å². The highest BCUT2D eigenvalue weighted by molar-refractivity contribution is 5.98. The lowest BCUT2D eigenvalue weighted by Crippen LogP contribution is -2.37. The molecule has 0 saturated carbocycles. The number of hydrogen-bond donors (Lipinski definition) is 2. The van der Waals surface area contributed by atoms with Gasteiger partial charge in [0.15, 0.2) is 0 Å². The van der Waals surface area contributed by atoms with Crippen LogP contribution in [0.1, 0.15) is 29.5 Å². The van der Waals surface area contributed by atoms with Crippen LogP contribution in [0.4, 0.5) is 18.9 Å². The van der Waals surface area contributed by atoms with Gasteiger partial charge in [0.2, 0.25) is 0 Å². The largest absolute Gasteiger partial charge is 0.395 e. The molecule has 18 heavy (non-hydrogen) atoms.